The molecule has 2 aromatic rings. The highest BCUT2D eigenvalue weighted by Gasteiger charge is 2.28. The van der Waals surface area contributed by atoms with Gasteiger partial charge in [0.1, 0.15) is 11.9 Å². The monoisotopic (exact) mass is 478 g/mol. The Bertz CT molecular complexity index is 861. The molecule has 2 rings (SSSR count). The van der Waals surface area contributed by atoms with Gasteiger partial charge in [-0.1, -0.05) is 37.6 Å². The van der Waals surface area contributed by atoms with E-state index in [9.17, 15) is 14.0 Å². The molecule has 0 saturated carbocycles. The fourth-order valence-corrected chi connectivity index (χ4v) is 4.21. The molecule has 0 unspecified atom stereocenters. The zero-order valence-electron chi connectivity index (χ0n) is 18.9. The number of hydrogen-bond acceptors (Lipinski definition) is 3. The van der Waals surface area contributed by atoms with Gasteiger partial charge >= 0.3 is 0 Å². The van der Waals surface area contributed by atoms with Crippen LogP contribution < -0.4 is 5.32 Å². The molecular weight excluding hydrogens is 447 g/mol. The first-order valence-electron chi connectivity index (χ1n) is 11.1. The minimum Gasteiger partial charge on any atom is -0.352 e. The van der Waals surface area contributed by atoms with Crippen LogP contribution in [0.2, 0.25) is 5.02 Å². The van der Waals surface area contributed by atoms with Gasteiger partial charge in [-0.05, 0) is 73.9 Å². The van der Waals surface area contributed by atoms with E-state index in [-0.39, 0.29) is 30.2 Å². The van der Waals surface area contributed by atoms with Crippen molar-refractivity contribution in [2.24, 2.45) is 0 Å². The van der Waals surface area contributed by atoms with Gasteiger partial charge in [0.15, 0.2) is 0 Å². The standard InChI is InChI=1S/C25H32ClFN2O2S/c1-4-18(3)28-25(31)23(5-2)29(17-19-8-12-21(27)13-9-19)24(30)7-6-16-32-22-14-10-20(26)11-15-22/h8-15,18,23H,4-7,16-17H2,1-3H3,(H,28,31)/t18-,23-/m0/s1. The number of benzene rings is 2. The molecule has 2 atom stereocenters. The van der Waals surface area contributed by atoms with Crippen molar-refractivity contribution in [1.29, 1.82) is 0 Å². The van der Waals surface area contributed by atoms with Crippen LogP contribution in [-0.2, 0) is 16.1 Å². The average Bonchev–Trinajstić information content (AvgIpc) is 2.78. The summed E-state index contributed by atoms with van der Waals surface area (Å²) in [5.74, 6) is 0.241. The minimum atomic E-state index is -0.564. The number of carbonyl (C=O) groups is 2. The molecule has 32 heavy (non-hydrogen) atoms. The quantitative estimate of drug-likeness (QED) is 0.297. The van der Waals surface area contributed by atoms with Crippen LogP contribution in [0.5, 0.6) is 0 Å². The van der Waals surface area contributed by atoms with Gasteiger partial charge in [-0.2, -0.15) is 0 Å². The third-order valence-corrected chi connectivity index (χ3v) is 6.62. The summed E-state index contributed by atoms with van der Waals surface area (Å²) < 4.78 is 13.3. The molecule has 0 fully saturated rings. The van der Waals surface area contributed by atoms with Crippen LogP contribution in [0.3, 0.4) is 0 Å². The summed E-state index contributed by atoms with van der Waals surface area (Å²) in [5, 5.41) is 3.69. The summed E-state index contributed by atoms with van der Waals surface area (Å²) in [4.78, 5) is 28.8. The van der Waals surface area contributed by atoms with E-state index in [0.717, 1.165) is 22.6 Å². The van der Waals surface area contributed by atoms with Crippen molar-refractivity contribution < 1.29 is 14.0 Å². The third-order valence-electron chi connectivity index (χ3n) is 5.27. The maximum atomic E-state index is 13.3. The van der Waals surface area contributed by atoms with Crippen LogP contribution in [0.15, 0.2) is 53.4 Å². The molecule has 0 heterocycles. The van der Waals surface area contributed by atoms with E-state index in [0.29, 0.717) is 24.3 Å². The average molecular weight is 479 g/mol. The van der Waals surface area contributed by atoms with Crippen LogP contribution >= 0.6 is 23.4 Å². The van der Waals surface area contributed by atoms with Crippen molar-refractivity contribution in [2.75, 3.05) is 5.75 Å². The SMILES string of the molecule is CC[C@H](C)NC(=O)[C@H](CC)N(Cc1ccc(F)cc1)C(=O)CCCSc1ccc(Cl)cc1. The zero-order chi connectivity index (χ0) is 23.5. The van der Waals surface area contributed by atoms with Gasteiger partial charge in [-0.15, -0.1) is 11.8 Å². The van der Waals surface area contributed by atoms with Crippen LogP contribution in [-0.4, -0.2) is 34.6 Å². The van der Waals surface area contributed by atoms with Crippen LogP contribution in [0, 0.1) is 5.82 Å². The van der Waals surface area contributed by atoms with Gasteiger partial charge in [0, 0.05) is 28.9 Å². The first-order valence-corrected chi connectivity index (χ1v) is 12.4. The maximum Gasteiger partial charge on any atom is 0.243 e. The molecule has 0 aliphatic carbocycles. The number of hydrogen-bond donors (Lipinski definition) is 1. The summed E-state index contributed by atoms with van der Waals surface area (Å²) in [7, 11) is 0. The highest BCUT2D eigenvalue weighted by Crippen LogP contribution is 2.22. The lowest BCUT2D eigenvalue weighted by Gasteiger charge is -2.31. The summed E-state index contributed by atoms with van der Waals surface area (Å²) in [6.45, 7) is 6.13. The molecule has 0 radical (unpaired) electrons. The third kappa shape index (κ3) is 8.47. The van der Waals surface area contributed by atoms with Gasteiger partial charge in [0.05, 0.1) is 0 Å². The number of thioether (sulfide) groups is 1. The molecule has 0 aliphatic rings. The predicted octanol–water partition coefficient (Wildman–Crippen LogP) is 6.07. The fraction of sp³-hybridized carbons (Fsp3) is 0.440. The lowest BCUT2D eigenvalue weighted by Crippen LogP contribution is -2.50. The largest absolute Gasteiger partial charge is 0.352 e. The molecule has 4 nitrogen and oxygen atoms in total. The Hall–Kier alpha value is -2.05. The Morgan fingerprint density at radius 3 is 2.31 bits per heavy atom. The van der Waals surface area contributed by atoms with Gasteiger partial charge in [0.25, 0.3) is 0 Å². The number of rotatable bonds is 12. The topological polar surface area (TPSA) is 49.4 Å². The van der Waals surface area contributed by atoms with Gasteiger partial charge in [-0.25, -0.2) is 4.39 Å². The molecule has 0 saturated heterocycles. The molecule has 7 heteroatoms. The molecule has 0 bridgehead atoms. The lowest BCUT2D eigenvalue weighted by atomic mass is 10.1. The smallest absolute Gasteiger partial charge is 0.243 e. The second kappa shape index (κ2) is 13.5. The second-order valence-corrected chi connectivity index (χ2v) is 9.40. The van der Waals surface area contributed by atoms with Crippen molar-refractivity contribution in [3.63, 3.8) is 0 Å². The molecule has 2 aromatic carbocycles. The molecule has 0 aromatic heterocycles. The van der Waals surface area contributed by atoms with E-state index in [1.54, 1.807) is 28.8 Å². The number of halogens is 2. The Labute approximate surface area is 199 Å². The first kappa shape index (κ1) is 26.2. The van der Waals surface area contributed by atoms with Gasteiger partial charge in [-0.3, -0.25) is 9.59 Å². The first-order chi connectivity index (χ1) is 15.3. The van der Waals surface area contributed by atoms with Crippen molar-refractivity contribution in [3.05, 3.63) is 64.9 Å². The van der Waals surface area contributed by atoms with Crippen LogP contribution in [0.25, 0.3) is 0 Å². The maximum absolute atomic E-state index is 13.3. The van der Waals surface area contributed by atoms with E-state index in [4.69, 9.17) is 11.6 Å². The molecule has 1 N–H and O–H groups in total. The Morgan fingerprint density at radius 1 is 1.06 bits per heavy atom. The van der Waals surface area contributed by atoms with E-state index in [1.807, 2.05) is 45.0 Å². The highest BCUT2D eigenvalue weighted by atomic mass is 35.5. The number of carbonyl (C=O) groups excluding carboxylic acids is 2. The normalized spacial score (nSPS) is 12.8. The van der Waals surface area contributed by atoms with Crippen molar-refractivity contribution >= 4 is 35.2 Å². The minimum absolute atomic E-state index is 0.0371. The van der Waals surface area contributed by atoms with Crippen LogP contribution in [0.4, 0.5) is 4.39 Å². The zero-order valence-corrected chi connectivity index (χ0v) is 20.5. The molecule has 174 valence electrons. The second-order valence-electron chi connectivity index (χ2n) is 7.80. The highest BCUT2D eigenvalue weighted by molar-refractivity contribution is 7.99. The van der Waals surface area contributed by atoms with E-state index < -0.39 is 6.04 Å². The number of nitrogens with one attached hydrogen (secondary N) is 1. The van der Waals surface area contributed by atoms with Crippen LogP contribution in [0.1, 0.15) is 52.0 Å². The molecule has 0 aliphatic heterocycles. The Balaban J connectivity index is 2.05. The summed E-state index contributed by atoms with van der Waals surface area (Å²) in [5.41, 5.74) is 0.796. The molecular formula is C25H32ClFN2O2S. The summed E-state index contributed by atoms with van der Waals surface area (Å²) in [6.07, 6.45) is 2.36. The fourth-order valence-electron chi connectivity index (χ4n) is 3.23. The van der Waals surface area contributed by atoms with Crippen molar-refractivity contribution in [2.45, 2.75) is 70.0 Å². The molecule has 2 amide bonds. The Kier molecular flexibility index (Phi) is 11.0. The van der Waals surface area contributed by atoms with E-state index in [2.05, 4.69) is 5.32 Å². The van der Waals surface area contributed by atoms with Gasteiger partial charge in [0.2, 0.25) is 11.8 Å². The number of amides is 2. The van der Waals surface area contributed by atoms with Crippen molar-refractivity contribution in [3.8, 4) is 0 Å². The van der Waals surface area contributed by atoms with Crippen molar-refractivity contribution in [1.82, 2.24) is 10.2 Å². The van der Waals surface area contributed by atoms with E-state index in [1.165, 1.54) is 12.1 Å². The predicted molar refractivity (Wildman–Crippen MR) is 130 cm³/mol. The lowest BCUT2D eigenvalue weighted by molar-refractivity contribution is -0.141. The summed E-state index contributed by atoms with van der Waals surface area (Å²) in [6, 6.07) is 13.2. The Morgan fingerprint density at radius 2 is 1.72 bits per heavy atom. The number of nitrogens with zero attached hydrogens (tertiary/aromatic N) is 1. The molecule has 0 spiro atoms. The van der Waals surface area contributed by atoms with E-state index >= 15 is 0 Å². The summed E-state index contributed by atoms with van der Waals surface area (Å²) >= 11 is 7.59. The van der Waals surface area contributed by atoms with Gasteiger partial charge < -0.3 is 10.2 Å².